The molecule has 3 fully saturated rings. The molecule has 2 bridgehead atoms. The predicted octanol–water partition coefficient (Wildman–Crippen LogP) is 1.90. The van der Waals surface area contributed by atoms with Gasteiger partial charge in [0.1, 0.15) is 18.5 Å². The third kappa shape index (κ3) is 3.27. The van der Waals surface area contributed by atoms with Gasteiger partial charge in [0, 0.05) is 30.4 Å². The standard InChI is InChI=1S/C21H21N5O2/c27-21(24-19-13-25-9-4-15(19)5-10-25)18-11-17-16(14-28-20(17)12-22-18)3-1-7-26-8-2-6-23-26/h2,6,8,11-12,14-15,19H,4-5,7,9-10,13H2,(H,24,27)/t19-/m0/s1. The van der Waals surface area contributed by atoms with Gasteiger partial charge >= 0.3 is 0 Å². The molecule has 6 heterocycles. The number of carbonyl (C=O) groups excluding carboxylic acids is 1. The van der Waals surface area contributed by atoms with Gasteiger partial charge in [0.05, 0.1) is 11.8 Å². The maximum Gasteiger partial charge on any atom is 0.270 e. The molecule has 1 amide bonds. The second-order valence-corrected chi connectivity index (χ2v) is 7.44. The summed E-state index contributed by atoms with van der Waals surface area (Å²) in [4.78, 5) is 19.5. The average Bonchev–Trinajstić information content (AvgIpc) is 3.39. The molecule has 3 saturated heterocycles. The molecule has 1 atom stereocenters. The van der Waals surface area contributed by atoms with Crippen molar-refractivity contribution in [1.29, 1.82) is 0 Å². The molecular weight excluding hydrogens is 354 g/mol. The van der Waals surface area contributed by atoms with Crippen molar-refractivity contribution in [2.45, 2.75) is 25.4 Å². The van der Waals surface area contributed by atoms with Crippen LogP contribution in [0.25, 0.3) is 11.0 Å². The van der Waals surface area contributed by atoms with Crippen molar-refractivity contribution in [2.75, 3.05) is 19.6 Å². The normalized spacial score (nSPS) is 23.4. The summed E-state index contributed by atoms with van der Waals surface area (Å²) < 4.78 is 7.29. The first-order valence-electron chi connectivity index (χ1n) is 9.63. The van der Waals surface area contributed by atoms with E-state index in [1.54, 1.807) is 29.4 Å². The van der Waals surface area contributed by atoms with Crippen LogP contribution in [0.3, 0.4) is 0 Å². The van der Waals surface area contributed by atoms with E-state index < -0.39 is 0 Å². The minimum Gasteiger partial charge on any atom is -0.461 e. The van der Waals surface area contributed by atoms with Gasteiger partial charge in [0.15, 0.2) is 5.58 Å². The summed E-state index contributed by atoms with van der Waals surface area (Å²) in [6, 6.07) is 3.85. The zero-order valence-corrected chi connectivity index (χ0v) is 15.5. The fraction of sp³-hybridized carbons (Fsp3) is 0.381. The third-order valence-electron chi connectivity index (χ3n) is 5.69. The van der Waals surface area contributed by atoms with Crippen LogP contribution in [-0.4, -0.2) is 51.2 Å². The molecule has 7 nitrogen and oxygen atoms in total. The molecule has 0 saturated carbocycles. The SMILES string of the molecule is O=C(N[C@H]1CN2CCC1CC2)c1cc2c(C#CCn3cccn3)coc2cn1. The van der Waals surface area contributed by atoms with Crippen molar-refractivity contribution in [3.63, 3.8) is 0 Å². The molecule has 0 aliphatic carbocycles. The number of pyridine rings is 1. The second-order valence-electron chi connectivity index (χ2n) is 7.44. The highest BCUT2D eigenvalue weighted by Crippen LogP contribution is 2.28. The van der Waals surface area contributed by atoms with Crippen molar-refractivity contribution < 1.29 is 9.21 Å². The minimum atomic E-state index is -0.127. The van der Waals surface area contributed by atoms with Crippen LogP contribution in [-0.2, 0) is 6.54 Å². The van der Waals surface area contributed by atoms with Crippen molar-refractivity contribution in [1.82, 2.24) is 25.0 Å². The number of hydrogen-bond donors (Lipinski definition) is 1. The molecule has 142 valence electrons. The first kappa shape index (κ1) is 17.0. The van der Waals surface area contributed by atoms with Gasteiger partial charge < -0.3 is 14.6 Å². The zero-order chi connectivity index (χ0) is 18.9. The van der Waals surface area contributed by atoms with Gasteiger partial charge in [-0.05, 0) is 44.0 Å². The maximum atomic E-state index is 12.8. The summed E-state index contributed by atoms with van der Waals surface area (Å²) in [5, 5.41) is 8.12. The molecule has 0 radical (unpaired) electrons. The first-order valence-corrected chi connectivity index (χ1v) is 9.63. The number of nitrogens with one attached hydrogen (secondary N) is 1. The summed E-state index contributed by atoms with van der Waals surface area (Å²) in [6.45, 7) is 3.74. The minimum absolute atomic E-state index is 0.127. The highest BCUT2D eigenvalue weighted by atomic mass is 16.3. The van der Waals surface area contributed by atoms with Gasteiger partial charge in [-0.2, -0.15) is 5.10 Å². The predicted molar refractivity (Wildman–Crippen MR) is 104 cm³/mol. The number of nitrogens with zero attached hydrogens (tertiary/aromatic N) is 4. The summed E-state index contributed by atoms with van der Waals surface area (Å²) in [5.41, 5.74) is 1.78. The quantitative estimate of drug-likeness (QED) is 0.708. The smallest absolute Gasteiger partial charge is 0.270 e. The van der Waals surface area contributed by atoms with E-state index in [0.29, 0.717) is 23.7 Å². The molecule has 3 aliphatic heterocycles. The summed E-state index contributed by atoms with van der Waals surface area (Å²) in [6.07, 6.45) is 9.12. The van der Waals surface area contributed by atoms with Crippen molar-refractivity contribution in [2.24, 2.45) is 5.92 Å². The Morgan fingerprint density at radius 1 is 1.36 bits per heavy atom. The van der Waals surface area contributed by atoms with Crippen LogP contribution in [0.15, 0.2) is 41.4 Å². The summed E-state index contributed by atoms with van der Waals surface area (Å²) in [5.74, 6) is 6.64. The molecule has 3 aliphatic rings. The van der Waals surface area contributed by atoms with E-state index in [-0.39, 0.29) is 11.9 Å². The van der Waals surface area contributed by atoms with Crippen LogP contribution >= 0.6 is 0 Å². The topological polar surface area (TPSA) is 76.2 Å². The second kappa shape index (κ2) is 7.13. The number of carbonyl (C=O) groups is 1. The van der Waals surface area contributed by atoms with E-state index in [4.69, 9.17) is 4.42 Å². The molecule has 3 aromatic heterocycles. The fourth-order valence-electron chi connectivity index (χ4n) is 4.13. The summed E-state index contributed by atoms with van der Waals surface area (Å²) >= 11 is 0. The fourth-order valence-corrected chi connectivity index (χ4v) is 4.13. The van der Waals surface area contributed by atoms with Gasteiger partial charge in [-0.3, -0.25) is 9.48 Å². The Morgan fingerprint density at radius 2 is 2.25 bits per heavy atom. The molecule has 0 aromatic carbocycles. The van der Waals surface area contributed by atoms with Crippen LogP contribution in [0.5, 0.6) is 0 Å². The van der Waals surface area contributed by atoms with Gasteiger partial charge in [0.25, 0.3) is 5.91 Å². The van der Waals surface area contributed by atoms with Crippen LogP contribution in [0.1, 0.15) is 28.9 Å². The van der Waals surface area contributed by atoms with Gasteiger partial charge in [-0.15, -0.1) is 0 Å². The van der Waals surface area contributed by atoms with Gasteiger partial charge in [-0.1, -0.05) is 11.8 Å². The molecule has 3 aromatic rings. The molecule has 0 unspecified atom stereocenters. The number of piperidine rings is 3. The molecule has 1 N–H and O–H groups in total. The number of fused-ring (bicyclic) bond motifs is 4. The number of rotatable bonds is 3. The molecule has 6 rings (SSSR count). The molecule has 7 heteroatoms. The van der Waals surface area contributed by atoms with Crippen LogP contribution in [0.2, 0.25) is 0 Å². The summed E-state index contributed by atoms with van der Waals surface area (Å²) in [7, 11) is 0. The van der Waals surface area contributed by atoms with Crippen LogP contribution in [0.4, 0.5) is 0 Å². The Morgan fingerprint density at radius 3 is 3.00 bits per heavy atom. The Hall–Kier alpha value is -3.11. The van der Waals surface area contributed by atoms with Gasteiger partial charge in [0.2, 0.25) is 0 Å². The third-order valence-corrected chi connectivity index (χ3v) is 5.69. The van der Waals surface area contributed by atoms with Crippen LogP contribution in [0, 0.1) is 17.8 Å². The number of hydrogen-bond acceptors (Lipinski definition) is 5. The van der Waals surface area contributed by atoms with Gasteiger partial charge in [-0.25, -0.2) is 4.98 Å². The average molecular weight is 375 g/mol. The Labute approximate surface area is 162 Å². The van der Waals surface area contributed by atoms with Crippen molar-refractivity contribution in [3.05, 3.63) is 48.2 Å². The highest BCUT2D eigenvalue weighted by molar-refractivity contribution is 5.97. The lowest BCUT2D eigenvalue weighted by Gasteiger charge is -2.44. The van der Waals surface area contributed by atoms with E-state index in [1.165, 1.54) is 0 Å². The lowest BCUT2D eigenvalue weighted by atomic mass is 9.84. The zero-order valence-electron chi connectivity index (χ0n) is 15.5. The van der Waals surface area contributed by atoms with E-state index in [9.17, 15) is 4.79 Å². The van der Waals surface area contributed by atoms with E-state index in [0.717, 1.165) is 43.4 Å². The highest BCUT2D eigenvalue weighted by Gasteiger charge is 2.35. The molecule has 0 spiro atoms. The number of amides is 1. The van der Waals surface area contributed by atoms with E-state index >= 15 is 0 Å². The number of furan rings is 1. The molecule has 28 heavy (non-hydrogen) atoms. The van der Waals surface area contributed by atoms with Crippen molar-refractivity contribution >= 4 is 16.9 Å². The van der Waals surface area contributed by atoms with E-state index in [2.05, 4.69) is 32.1 Å². The largest absolute Gasteiger partial charge is 0.461 e. The monoisotopic (exact) mass is 375 g/mol. The lowest BCUT2D eigenvalue weighted by molar-refractivity contribution is 0.0618. The van der Waals surface area contributed by atoms with Crippen molar-refractivity contribution in [3.8, 4) is 11.8 Å². The lowest BCUT2D eigenvalue weighted by Crippen LogP contribution is -2.57. The Balaban J connectivity index is 1.34. The first-order chi connectivity index (χ1) is 13.8. The Kier molecular flexibility index (Phi) is 4.34. The maximum absolute atomic E-state index is 12.8. The number of aromatic nitrogens is 3. The van der Waals surface area contributed by atoms with E-state index in [1.807, 2.05) is 12.3 Å². The van der Waals surface area contributed by atoms with Crippen LogP contribution < -0.4 is 5.32 Å². The Bertz CT molecular complexity index is 1050. The molecular formula is C21H21N5O2.